The predicted molar refractivity (Wildman–Crippen MR) is 102 cm³/mol. The molecule has 0 aromatic heterocycles. The van der Waals surface area contributed by atoms with E-state index in [1.54, 1.807) is 24.3 Å². The largest absolute Gasteiger partial charge is 0.423 e. The summed E-state index contributed by atoms with van der Waals surface area (Å²) in [6, 6.07) is 12.6. The minimum Gasteiger partial charge on any atom is -0.423 e. The Balaban J connectivity index is 1.85. The number of ether oxygens (including phenoxy) is 1. The highest BCUT2D eigenvalue weighted by Crippen LogP contribution is 2.32. The van der Waals surface area contributed by atoms with Gasteiger partial charge >= 0.3 is 5.97 Å². The van der Waals surface area contributed by atoms with Gasteiger partial charge in [0.2, 0.25) is 10.0 Å². The third-order valence-electron chi connectivity index (χ3n) is 4.83. The molecule has 3 rings (SSSR count). The van der Waals surface area contributed by atoms with Gasteiger partial charge in [0.15, 0.2) is 0 Å². The summed E-state index contributed by atoms with van der Waals surface area (Å²) in [6.07, 6.45) is 2.73. The fourth-order valence-electron chi connectivity index (χ4n) is 3.20. The zero-order valence-electron chi connectivity index (χ0n) is 15.2. The lowest BCUT2D eigenvalue weighted by Crippen LogP contribution is -2.27. The van der Waals surface area contributed by atoms with Crippen LogP contribution in [-0.2, 0) is 16.4 Å². The van der Waals surface area contributed by atoms with Crippen LogP contribution in [0.4, 0.5) is 5.69 Å². The van der Waals surface area contributed by atoms with E-state index in [2.05, 4.69) is 13.8 Å². The summed E-state index contributed by atoms with van der Waals surface area (Å²) >= 11 is 0. The van der Waals surface area contributed by atoms with Crippen LogP contribution in [0.5, 0.6) is 5.75 Å². The summed E-state index contributed by atoms with van der Waals surface area (Å²) in [6.45, 7) is 4.60. The molecule has 2 aromatic carbocycles. The second kappa shape index (κ2) is 7.11. The molecule has 2 aromatic rings. The van der Waals surface area contributed by atoms with Crippen LogP contribution < -0.4 is 9.04 Å². The van der Waals surface area contributed by atoms with Crippen molar-refractivity contribution in [2.24, 2.45) is 0 Å². The normalized spacial score (nSPS) is 14.8. The van der Waals surface area contributed by atoms with Crippen molar-refractivity contribution in [2.75, 3.05) is 17.1 Å². The molecule has 1 unspecified atom stereocenters. The molecule has 0 fully saturated rings. The highest BCUT2D eigenvalue weighted by molar-refractivity contribution is 7.92. The number of nitrogens with zero attached hydrogens (tertiary/aromatic N) is 1. The van der Waals surface area contributed by atoms with Gasteiger partial charge in [0.25, 0.3) is 0 Å². The molecular formula is C20H23NO4S. The molecule has 0 N–H and O–H groups in total. The van der Waals surface area contributed by atoms with E-state index in [-0.39, 0.29) is 0 Å². The summed E-state index contributed by atoms with van der Waals surface area (Å²) in [5.74, 6) is 0.439. The maximum absolute atomic E-state index is 12.6. The summed E-state index contributed by atoms with van der Waals surface area (Å²) in [5, 5.41) is 0. The van der Waals surface area contributed by atoms with Gasteiger partial charge in [-0.2, -0.15) is 0 Å². The molecule has 138 valence electrons. The Morgan fingerprint density at radius 3 is 2.65 bits per heavy atom. The van der Waals surface area contributed by atoms with Gasteiger partial charge in [-0.3, -0.25) is 4.31 Å². The summed E-state index contributed by atoms with van der Waals surface area (Å²) in [5.41, 5.74) is 2.93. The van der Waals surface area contributed by atoms with E-state index in [1.165, 1.54) is 10.6 Å². The van der Waals surface area contributed by atoms with E-state index in [0.29, 0.717) is 35.9 Å². The zero-order chi connectivity index (χ0) is 18.9. The van der Waals surface area contributed by atoms with Gasteiger partial charge in [-0.1, -0.05) is 32.0 Å². The lowest BCUT2D eigenvalue weighted by molar-refractivity contribution is 0.0732. The van der Waals surface area contributed by atoms with Crippen LogP contribution in [0.3, 0.4) is 0 Å². The monoisotopic (exact) mass is 373 g/mol. The zero-order valence-corrected chi connectivity index (χ0v) is 16.0. The molecule has 0 spiro atoms. The van der Waals surface area contributed by atoms with Crippen molar-refractivity contribution < 1.29 is 17.9 Å². The number of fused-ring (bicyclic) bond motifs is 1. The third-order valence-corrected chi connectivity index (χ3v) is 6.01. The van der Waals surface area contributed by atoms with Crippen LogP contribution in [0.1, 0.15) is 47.7 Å². The number of anilines is 1. The average Bonchev–Trinajstić information content (AvgIpc) is 3.05. The summed E-state index contributed by atoms with van der Waals surface area (Å²) in [4.78, 5) is 12.6. The van der Waals surface area contributed by atoms with Crippen molar-refractivity contribution in [1.82, 2.24) is 0 Å². The van der Waals surface area contributed by atoms with Crippen molar-refractivity contribution in [3.05, 3.63) is 59.2 Å². The average molecular weight is 373 g/mol. The van der Waals surface area contributed by atoms with Gasteiger partial charge < -0.3 is 4.74 Å². The van der Waals surface area contributed by atoms with Gasteiger partial charge in [0, 0.05) is 6.54 Å². The van der Waals surface area contributed by atoms with Crippen molar-refractivity contribution in [3.63, 3.8) is 0 Å². The quantitative estimate of drug-likeness (QED) is 0.592. The van der Waals surface area contributed by atoms with Crippen LogP contribution in [0, 0.1) is 0 Å². The maximum atomic E-state index is 12.6. The molecule has 26 heavy (non-hydrogen) atoms. The number of hydrogen-bond donors (Lipinski definition) is 0. The molecule has 0 amide bonds. The van der Waals surface area contributed by atoms with E-state index in [1.807, 2.05) is 18.2 Å². The van der Waals surface area contributed by atoms with E-state index in [0.717, 1.165) is 17.5 Å². The molecule has 1 aliphatic rings. The fourth-order valence-corrected chi connectivity index (χ4v) is 4.16. The van der Waals surface area contributed by atoms with Crippen LogP contribution in [0.15, 0.2) is 42.5 Å². The summed E-state index contributed by atoms with van der Waals surface area (Å²) in [7, 11) is -3.30. The third kappa shape index (κ3) is 3.60. The van der Waals surface area contributed by atoms with Gasteiger partial charge in [-0.15, -0.1) is 0 Å². The molecule has 6 heteroatoms. The van der Waals surface area contributed by atoms with Gasteiger partial charge in [0.05, 0.1) is 17.5 Å². The number of hydrogen-bond acceptors (Lipinski definition) is 4. The second-order valence-electron chi connectivity index (χ2n) is 6.67. The molecule has 1 aliphatic heterocycles. The molecule has 0 saturated carbocycles. The number of carbonyl (C=O) groups is 1. The number of benzene rings is 2. The Hall–Kier alpha value is -2.34. The van der Waals surface area contributed by atoms with Crippen LogP contribution >= 0.6 is 0 Å². The van der Waals surface area contributed by atoms with Crippen molar-refractivity contribution >= 4 is 21.7 Å². The molecule has 0 saturated heterocycles. The van der Waals surface area contributed by atoms with Crippen LogP contribution in [0.25, 0.3) is 0 Å². The molecule has 5 nitrogen and oxygen atoms in total. The number of rotatable bonds is 5. The first-order chi connectivity index (χ1) is 12.3. The van der Waals surface area contributed by atoms with Crippen molar-refractivity contribution in [2.45, 2.75) is 32.6 Å². The van der Waals surface area contributed by atoms with Crippen molar-refractivity contribution in [1.29, 1.82) is 0 Å². The first kappa shape index (κ1) is 18.5. The Morgan fingerprint density at radius 1 is 1.23 bits per heavy atom. The number of carbonyl (C=O) groups excluding carboxylic acids is 1. The molecule has 1 heterocycles. The molecule has 0 aliphatic carbocycles. The SMILES string of the molecule is CCC(C)c1ccccc1OC(=O)c1ccc2c(c1)CCN2S(C)(=O)=O. The standard InChI is InChI=1S/C20H23NO4S/c1-4-14(2)17-7-5-6-8-19(17)25-20(22)16-9-10-18-15(13-16)11-12-21(18)26(3,23)24/h5-10,13-14H,4,11-12H2,1-3H3. The van der Waals surface area contributed by atoms with Gasteiger partial charge in [0.1, 0.15) is 5.75 Å². The molecular weight excluding hydrogens is 350 g/mol. The predicted octanol–water partition coefficient (Wildman–Crippen LogP) is 3.74. The Kier molecular flexibility index (Phi) is 5.05. The fraction of sp³-hybridized carbons (Fsp3) is 0.350. The second-order valence-corrected chi connectivity index (χ2v) is 8.57. The first-order valence-corrected chi connectivity index (χ1v) is 10.6. The van der Waals surface area contributed by atoms with Crippen molar-refractivity contribution in [3.8, 4) is 5.75 Å². The number of esters is 1. The topological polar surface area (TPSA) is 63.7 Å². The smallest absolute Gasteiger partial charge is 0.343 e. The Bertz CT molecular complexity index is 937. The highest BCUT2D eigenvalue weighted by Gasteiger charge is 2.27. The minimum absolute atomic E-state index is 0.294. The molecule has 0 radical (unpaired) electrons. The van der Waals surface area contributed by atoms with E-state index in [9.17, 15) is 13.2 Å². The van der Waals surface area contributed by atoms with E-state index < -0.39 is 16.0 Å². The lowest BCUT2D eigenvalue weighted by Gasteiger charge is -2.17. The minimum atomic E-state index is -3.30. The first-order valence-electron chi connectivity index (χ1n) is 8.73. The van der Waals surface area contributed by atoms with Gasteiger partial charge in [-0.05, 0) is 54.2 Å². The Morgan fingerprint density at radius 2 is 1.96 bits per heavy atom. The Labute approximate surface area is 154 Å². The van der Waals surface area contributed by atoms with E-state index in [4.69, 9.17) is 4.74 Å². The van der Waals surface area contributed by atoms with Crippen LogP contribution in [-0.4, -0.2) is 27.2 Å². The number of para-hydroxylation sites is 1. The van der Waals surface area contributed by atoms with Gasteiger partial charge in [-0.25, -0.2) is 13.2 Å². The van der Waals surface area contributed by atoms with Crippen LogP contribution in [0.2, 0.25) is 0 Å². The molecule has 1 atom stereocenters. The highest BCUT2D eigenvalue weighted by atomic mass is 32.2. The van der Waals surface area contributed by atoms with E-state index >= 15 is 0 Å². The number of sulfonamides is 1. The summed E-state index contributed by atoms with van der Waals surface area (Å²) < 4.78 is 30.6. The molecule has 0 bridgehead atoms. The lowest BCUT2D eigenvalue weighted by atomic mass is 9.98. The maximum Gasteiger partial charge on any atom is 0.343 e.